The molecule has 1 saturated carbocycles. The molecule has 2 rings (SSSR count). The van der Waals surface area contributed by atoms with Crippen molar-refractivity contribution in [1.82, 2.24) is 4.31 Å². The second kappa shape index (κ2) is 4.12. The summed E-state index contributed by atoms with van der Waals surface area (Å²) in [4.78, 5) is 10.9. The highest BCUT2D eigenvalue weighted by Crippen LogP contribution is 2.31. The summed E-state index contributed by atoms with van der Waals surface area (Å²) >= 11 is 0. The third kappa shape index (κ3) is 2.18. The van der Waals surface area contributed by atoms with Crippen LogP contribution in [0.5, 0.6) is 0 Å². The average Bonchev–Trinajstić information content (AvgIpc) is 3.11. The smallest absolute Gasteiger partial charge is 0.337 e. The number of carboxylic acids is 1. The third-order valence-corrected chi connectivity index (χ3v) is 4.80. The van der Waals surface area contributed by atoms with Gasteiger partial charge in [0.05, 0.1) is 10.5 Å². The molecule has 0 aliphatic heterocycles. The van der Waals surface area contributed by atoms with Crippen molar-refractivity contribution in [2.45, 2.75) is 23.8 Å². The summed E-state index contributed by atoms with van der Waals surface area (Å²) < 4.78 is 25.7. The summed E-state index contributed by atoms with van der Waals surface area (Å²) in [6, 6.07) is 5.69. The lowest BCUT2D eigenvalue weighted by molar-refractivity contribution is 0.0692. The maximum absolute atomic E-state index is 12.2. The quantitative estimate of drug-likeness (QED) is 0.876. The Morgan fingerprint density at radius 2 is 1.94 bits per heavy atom. The molecule has 0 atom stereocenters. The number of carboxylic acid groups (broad SMARTS) is 1. The Hall–Kier alpha value is -1.40. The SMILES string of the molecule is CN(C1CC1)S(=O)(=O)c1ccccc1C(=O)O. The average molecular weight is 255 g/mol. The lowest BCUT2D eigenvalue weighted by Crippen LogP contribution is -2.30. The van der Waals surface area contributed by atoms with E-state index in [0.29, 0.717) is 0 Å². The van der Waals surface area contributed by atoms with Gasteiger partial charge in [-0.2, -0.15) is 4.31 Å². The van der Waals surface area contributed by atoms with Gasteiger partial charge in [0.1, 0.15) is 0 Å². The van der Waals surface area contributed by atoms with Crippen LogP contribution in [-0.4, -0.2) is 36.9 Å². The molecule has 1 N–H and O–H groups in total. The minimum Gasteiger partial charge on any atom is -0.478 e. The molecule has 0 heterocycles. The standard InChI is InChI=1S/C11H13NO4S/c1-12(8-6-7-8)17(15,16)10-5-3-2-4-9(10)11(13)14/h2-5,8H,6-7H2,1H3,(H,13,14). The van der Waals surface area contributed by atoms with Gasteiger partial charge in [-0.05, 0) is 25.0 Å². The number of rotatable bonds is 4. The molecule has 0 radical (unpaired) electrons. The van der Waals surface area contributed by atoms with Crippen molar-refractivity contribution in [3.63, 3.8) is 0 Å². The van der Waals surface area contributed by atoms with Gasteiger partial charge in [0.2, 0.25) is 10.0 Å². The molecule has 0 amide bonds. The Kier molecular flexibility index (Phi) is 2.92. The van der Waals surface area contributed by atoms with E-state index in [1.165, 1.54) is 35.6 Å². The number of aromatic carboxylic acids is 1. The Morgan fingerprint density at radius 3 is 2.47 bits per heavy atom. The topological polar surface area (TPSA) is 74.7 Å². The predicted molar refractivity (Wildman–Crippen MR) is 61.4 cm³/mol. The van der Waals surface area contributed by atoms with Crippen LogP contribution >= 0.6 is 0 Å². The number of nitrogens with zero attached hydrogens (tertiary/aromatic N) is 1. The zero-order chi connectivity index (χ0) is 12.6. The van der Waals surface area contributed by atoms with Gasteiger partial charge >= 0.3 is 5.97 Å². The van der Waals surface area contributed by atoms with Crippen LogP contribution in [0.2, 0.25) is 0 Å². The van der Waals surface area contributed by atoms with E-state index in [0.717, 1.165) is 12.8 Å². The largest absolute Gasteiger partial charge is 0.478 e. The van der Waals surface area contributed by atoms with Crippen molar-refractivity contribution in [3.05, 3.63) is 29.8 Å². The van der Waals surface area contributed by atoms with Crippen molar-refractivity contribution in [2.75, 3.05) is 7.05 Å². The Balaban J connectivity index is 2.49. The Morgan fingerprint density at radius 1 is 1.35 bits per heavy atom. The molecule has 1 aliphatic rings. The Bertz CT molecular complexity index is 548. The maximum Gasteiger partial charge on any atom is 0.337 e. The number of benzene rings is 1. The van der Waals surface area contributed by atoms with E-state index >= 15 is 0 Å². The van der Waals surface area contributed by atoms with Gasteiger partial charge in [-0.15, -0.1) is 0 Å². The second-order valence-electron chi connectivity index (χ2n) is 4.05. The number of hydrogen-bond donors (Lipinski definition) is 1. The van der Waals surface area contributed by atoms with E-state index in [1.807, 2.05) is 0 Å². The fraction of sp³-hybridized carbons (Fsp3) is 0.364. The fourth-order valence-electron chi connectivity index (χ4n) is 1.66. The fourth-order valence-corrected chi connectivity index (χ4v) is 3.26. The van der Waals surface area contributed by atoms with Crippen molar-refractivity contribution in [1.29, 1.82) is 0 Å². The molecule has 1 aliphatic carbocycles. The van der Waals surface area contributed by atoms with Crippen molar-refractivity contribution < 1.29 is 18.3 Å². The van der Waals surface area contributed by atoms with Gasteiger partial charge in [-0.25, -0.2) is 13.2 Å². The summed E-state index contributed by atoms with van der Waals surface area (Å²) in [6.07, 6.45) is 1.68. The zero-order valence-corrected chi connectivity index (χ0v) is 10.1. The lowest BCUT2D eigenvalue weighted by atomic mass is 10.2. The van der Waals surface area contributed by atoms with Crippen molar-refractivity contribution in [2.24, 2.45) is 0 Å². The van der Waals surface area contributed by atoms with Crippen LogP contribution in [0.4, 0.5) is 0 Å². The molecule has 1 aromatic carbocycles. The summed E-state index contributed by atoms with van der Waals surface area (Å²) in [6.45, 7) is 0. The van der Waals surface area contributed by atoms with Crippen molar-refractivity contribution in [3.8, 4) is 0 Å². The van der Waals surface area contributed by atoms with Gasteiger partial charge in [-0.1, -0.05) is 12.1 Å². The van der Waals surface area contributed by atoms with E-state index < -0.39 is 16.0 Å². The maximum atomic E-state index is 12.2. The first-order valence-corrected chi connectivity index (χ1v) is 6.69. The zero-order valence-electron chi connectivity index (χ0n) is 9.33. The molecular weight excluding hydrogens is 242 g/mol. The first-order valence-electron chi connectivity index (χ1n) is 5.25. The molecule has 0 spiro atoms. The number of sulfonamides is 1. The van der Waals surface area contributed by atoms with Crippen molar-refractivity contribution >= 4 is 16.0 Å². The van der Waals surface area contributed by atoms with E-state index in [-0.39, 0.29) is 16.5 Å². The highest BCUT2D eigenvalue weighted by molar-refractivity contribution is 7.89. The van der Waals surface area contributed by atoms with Crippen LogP contribution in [0.25, 0.3) is 0 Å². The molecule has 0 aromatic heterocycles. The van der Waals surface area contributed by atoms with Gasteiger partial charge < -0.3 is 5.11 Å². The molecule has 0 saturated heterocycles. The number of carbonyl (C=O) groups is 1. The molecule has 92 valence electrons. The lowest BCUT2D eigenvalue weighted by Gasteiger charge is -2.17. The first-order chi connectivity index (χ1) is 7.94. The monoisotopic (exact) mass is 255 g/mol. The summed E-state index contributed by atoms with van der Waals surface area (Å²) in [5.41, 5.74) is -0.181. The number of hydrogen-bond acceptors (Lipinski definition) is 3. The van der Waals surface area contributed by atoms with E-state index in [1.54, 1.807) is 0 Å². The Labute approximate surface area is 99.7 Å². The van der Waals surface area contributed by atoms with Crippen LogP contribution in [0.15, 0.2) is 29.2 Å². The van der Waals surface area contributed by atoms with E-state index in [9.17, 15) is 13.2 Å². The summed E-state index contributed by atoms with van der Waals surface area (Å²) in [5, 5.41) is 8.98. The minimum atomic E-state index is -3.70. The summed E-state index contributed by atoms with van der Waals surface area (Å²) in [7, 11) is -2.21. The first kappa shape index (κ1) is 12.1. The molecule has 17 heavy (non-hydrogen) atoms. The van der Waals surface area contributed by atoms with E-state index in [4.69, 9.17) is 5.11 Å². The molecular formula is C11H13NO4S. The molecule has 6 heteroatoms. The van der Waals surface area contributed by atoms with E-state index in [2.05, 4.69) is 0 Å². The van der Waals surface area contributed by atoms with Crippen LogP contribution in [0.3, 0.4) is 0 Å². The molecule has 1 fully saturated rings. The molecule has 1 aromatic rings. The van der Waals surface area contributed by atoms with Crippen LogP contribution in [0, 0.1) is 0 Å². The highest BCUT2D eigenvalue weighted by atomic mass is 32.2. The normalized spacial score (nSPS) is 16.1. The highest BCUT2D eigenvalue weighted by Gasteiger charge is 2.36. The second-order valence-corrected chi connectivity index (χ2v) is 6.02. The van der Waals surface area contributed by atoms with Crippen LogP contribution < -0.4 is 0 Å². The predicted octanol–water partition coefficient (Wildman–Crippen LogP) is 1.17. The minimum absolute atomic E-state index is 0.0156. The van der Waals surface area contributed by atoms with Crippen LogP contribution in [0.1, 0.15) is 23.2 Å². The van der Waals surface area contributed by atoms with Gasteiger partial charge in [0.15, 0.2) is 0 Å². The van der Waals surface area contributed by atoms with Gasteiger partial charge in [0.25, 0.3) is 0 Å². The molecule has 0 bridgehead atoms. The van der Waals surface area contributed by atoms with Gasteiger partial charge in [-0.3, -0.25) is 0 Å². The third-order valence-electron chi connectivity index (χ3n) is 2.84. The van der Waals surface area contributed by atoms with Crippen LogP contribution in [-0.2, 0) is 10.0 Å². The molecule has 5 nitrogen and oxygen atoms in total. The molecule has 0 unspecified atom stereocenters. The van der Waals surface area contributed by atoms with Gasteiger partial charge in [0, 0.05) is 13.1 Å². The summed E-state index contributed by atoms with van der Waals surface area (Å²) in [5.74, 6) is -1.23.